The molecular formula is C13H26N2O2. The zero-order chi connectivity index (χ0) is 13.1. The Bertz CT molecular complexity index is 266. The second-order valence-electron chi connectivity index (χ2n) is 5.37. The molecule has 1 aliphatic carbocycles. The van der Waals surface area contributed by atoms with Gasteiger partial charge in [-0.3, -0.25) is 10.1 Å². The molecule has 0 saturated heterocycles. The van der Waals surface area contributed by atoms with Crippen molar-refractivity contribution in [3.8, 4) is 0 Å². The molecule has 0 bridgehead atoms. The van der Waals surface area contributed by atoms with Gasteiger partial charge in [-0.25, -0.2) is 0 Å². The van der Waals surface area contributed by atoms with Crippen LogP contribution in [0.2, 0.25) is 0 Å². The standard InChI is InChI=1S/C13H26N2O2/c1-6-15(4)10(2)9-13(3,12(16)17-5)14-11-7-8-11/h10-11,14H,6-9H2,1-5H3. The van der Waals surface area contributed by atoms with Crippen molar-refractivity contribution >= 4 is 5.97 Å². The molecule has 2 unspecified atom stereocenters. The molecule has 0 radical (unpaired) electrons. The van der Waals surface area contributed by atoms with Gasteiger partial charge >= 0.3 is 5.97 Å². The maximum atomic E-state index is 11.9. The summed E-state index contributed by atoms with van der Waals surface area (Å²) in [6.07, 6.45) is 3.12. The van der Waals surface area contributed by atoms with Crippen LogP contribution in [0.3, 0.4) is 0 Å². The van der Waals surface area contributed by atoms with Crippen molar-refractivity contribution < 1.29 is 9.53 Å². The highest BCUT2D eigenvalue weighted by Gasteiger charge is 2.40. The predicted octanol–water partition coefficient (Wildman–Crippen LogP) is 1.40. The van der Waals surface area contributed by atoms with E-state index in [2.05, 4.69) is 31.1 Å². The molecule has 2 atom stereocenters. The Morgan fingerprint density at radius 2 is 2.18 bits per heavy atom. The van der Waals surface area contributed by atoms with Gasteiger partial charge in [0.15, 0.2) is 0 Å². The lowest BCUT2D eigenvalue weighted by molar-refractivity contribution is -0.148. The van der Waals surface area contributed by atoms with Gasteiger partial charge in [0.1, 0.15) is 5.54 Å². The van der Waals surface area contributed by atoms with Gasteiger partial charge in [0, 0.05) is 12.1 Å². The van der Waals surface area contributed by atoms with E-state index in [1.807, 2.05) is 6.92 Å². The minimum absolute atomic E-state index is 0.152. The third-order valence-corrected chi connectivity index (χ3v) is 3.69. The molecule has 1 fully saturated rings. The third-order valence-electron chi connectivity index (χ3n) is 3.69. The number of carbonyl (C=O) groups excluding carboxylic acids is 1. The Morgan fingerprint density at radius 3 is 2.59 bits per heavy atom. The van der Waals surface area contributed by atoms with Crippen LogP contribution >= 0.6 is 0 Å². The second-order valence-corrected chi connectivity index (χ2v) is 5.37. The lowest BCUT2D eigenvalue weighted by Gasteiger charge is -2.34. The van der Waals surface area contributed by atoms with E-state index in [4.69, 9.17) is 4.74 Å². The summed E-state index contributed by atoms with van der Waals surface area (Å²) in [6.45, 7) is 7.22. The summed E-state index contributed by atoms with van der Waals surface area (Å²) in [5.41, 5.74) is -0.557. The number of carbonyl (C=O) groups is 1. The van der Waals surface area contributed by atoms with Gasteiger partial charge in [0.05, 0.1) is 7.11 Å². The summed E-state index contributed by atoms with van der Waals surface area (Å²) in [7, 11) is 3.54. The summed E-state index contributed by atoms with van der Waals surface area (Å²) in [5.74, 6) is -0.152. The van der Waals surface area contributed by atoms with E-state index in [1.54, 1.807) is 0 Å². The maximum absolute atomic E-state index is 11.9. The Kier molecular flexibility index (Phi) is 4.95. The van der Waals surface area contributed by atoms with Crippen molar-refractivity contribution in [2.24, 2.45) is 0 Å². The molecule has 1 aliphatic rings. The molecule has 0 aliphatic heterocycles. The van der Waals surface area contributed by atoms with E-state index in [1.165, 1.54) is 20.0 Å². The lowest BCUT2D eigenvalue weighted by atomic mass is 9.92. The molecule has 0 heterocycles. The quantitative estimate of drug-likeness (QED) is 0.685. The molecule has 1 saturated carbocycles. The fourth-order valence-corrected chi connectivity index (χ4v) is 2.16. The van der Waals surface area contributed by atoms with Crippen LogP contribution in [-0.2, 0) is 9.53 Å². The van der Waals surface area contributed by atoms with Gasteiger partial charge in [-0.2, -0.15) is 0 Å². The van der Waals surface area contributed by atoms with Crippen molar-refractivity contribution in [1.82, 2.24) is 10.2 Å². The van der Waals surface area contributed by atoms with Crippen LogP contribution in [0.1, 0.15) is 40.0 Å². The minimum atomic E-state index is -0.557. The Balaban J connectivity index is 2.64. The van der Waals surface area contributed by atoms with Gasteiger partial charge in [0.2, 0.25) is 0 Å². The molecular weight excluding hydrogens is 216 g/mol. The van der Waals surface area contributed by atoms with E-state index in [9.17, 15) is 4.79 Å². The number of hydrogen-bond acceptors (Lipinski definition) is 4. The van der Waals surface area contributed by atoms with Crippen LogP contribution < -0.4 is 5.32 Å². The van der Waals surface area contributed by atoms with Crippen LogP contribution in [0.4, 0.5) is 0 Å². The Hall–Kier alpha value is -0.610. The average Bonchev–Trinajstić information content (AvgIpc) is 3.10. The zero-order valence-corrected chi connectivity index (χ0v) is 11.7. The largest absolute Gasteiger partial charge is 0.468 e. The molecule has 0 aromatic rings. The summed E-state index contributed by atoms with van der Waals surface area (Å²) in [5, 5.41) is 3.43. The SMILES string of the molecule is CCN(C)C(C)CC(C)(NC1CC1)C(=O)OC. The second kappa shape index (κ2) is 5.83. The molecule has 17 heavy (non-hydrogen) atoms. The molecule has 100 valence electrons. The molecule has 4 heteroatoms. The number of methoxy groups -OCH3 is 1. The Morgan fingerprint density at radius 1 is 1.59 bits per heavy atom. The van der Waals surface area contributed by atoms with Crippen LogP contribution in [-0.4, -0.2) is 49.2 Å². The number of hydrogen-bond donors (Lipinski definition) is 1. The first-order valence-electron chi connectivity index (χ1n) is 6.49. The Labute approximate surface area is 105 Å². The van der Waals surface area contributed by atoms with Crippen molar-refractivity contribution in [3.63, 3.8) is 0 Å². The predicted molar refractivity (Wildman–Crippen MR) is 69.0 cm³/mol. The van der Waals surface area contributed by atoms with Crippen molar-refractivity contribution in [2.45, 2.75) is 57.7 Å². The molecule has 0 aromatic carbocycles. The first-order chi connectivity index (χ1) is 7.92. The van der Waals surface area contributed by atoms with Crippen molar-refractivity contribution in [1.29, 1.82) is 0 Å². The molecule has 1 rings (SSSR count). The average molecular weight is 242 g/mol. The van der Waals surface area contributed by atoms with Crippen LogP contribution in [0, 0.1) is 0 Å². The topological polar surface area (TPSA) is 41.6 Å². The van der Waals surface area contributed by atoms with Gasteiger partial charge < -0.3 is 9.64 Å². The summed E-state index contributed by atoms with van der Waals surface area (Å²) in [4.78, 5) is 14.2. The van der Waals surface area contributed by atoms with E-state index < -0.39 is 5.54 Å². The molecule has 0 aromatic heterocycles. The maximum Gasteiger partial charge on any atom is 0.325 e. The van der Waals surface area contributed by atoms with E-state index in [-0.39, 0.29) is 5.97 Å². The summed E-state index contributed by atoms with van der Waals surface area (Å²) >= 11 is 0. The minimum Gasteiger partial charge on any atom is -0.468 e. The van der Waals surface area contributed by atoms with E-state index in [0.29, 0.717) is 12.1 Å². The van der Waals surface area contributed by atoms with Crippen molar-refractivity contribution in [2.75, 3.05) is 20.7 Å². The first-order valence-corrected chi connectivity index (χ1v) is 6.49. The smallest absolute Gasteiger partial charge is 0.325 e. The number of nitrogens with one attached hydrogen (secondary N) is 1. The first kappa shape index (κ1) is 14.5. The lowest BCUT2D eigenvalue weighted by Crippen LogP contribution is -2.54. The van der Waals surface area contributed by atoms with Crippen LogP contribution in [0.15, 0.2) is 0 Å². The van der Waals surface area contributed by atoms with Gasteiger partial charge in [-0.15, -0.1) is 0 Å². The zero-order valence-electron chi connectivity index (χ0n) is 11.7. The van der Waals surface area contributed by atoms with Gasteiger partial charge in [-0.05, 0) is 46.7 Å². The summed E-state index contributed by atoms with van der Waals surface area (Å²) < 4.78 is 4.94. The number of ether oxygens (including phenoxy) is 1. The number of rotatable bonds is 7. The highest BCUT2D eigenvalue weighted by Crippen LogP contribution is 2.26. The fourth-order valence-electron chi connectivity index (χ4n) is 2.16. The molecule has 1 N–H and O–H groups in total. The monoisotopic (exact) mass is 242 g/mol. The highest BCUT2D eigenvalue weighted by molar-refractivity contribution is 5.80. The number of nitrogens with zero attached hydrogens (tertiary/aromatic N) is 1. The molecule has 0 spiro atoms. The molecule has 0 amide bonds. The van der Waals surface area contributed by atoms with E-state index >= 15 is 0 Å². The molecule has 4 nitrogen and oxygen atoms in total. The normalized spacial score (nSPS) is 21.1. The highest BCUT2D eigenvalue weighted by atomic mass is 16.5. The van der Waals surface area contributed by atoms with Crippen molar-refractivity contribution in [3.05, 3.63) is 0 Å². The fraction of sp³-hybridized carbons (Fsp3) is 0.923. The van der Waals surface area contributed by atoms with E-state index in [0.717, 1.165) is 13.0 Å². The van der Waals surface area contributed by atoms with Crippen LogP contribution in [0.25, 0.3) is 0 Å². The number of esters is 1. The summed E-state index contributed by atoms with van der Waals surface area (Å²) in [6, 6.07) is 0.855. The third kappa shape index (κ3) is 3.96. The van der Waals surface area contributed by atoms with Crippen LogP contribution in [0.5, 0.6) is 0 Å². The van der Waals surface area contributed by atoms with Gasteiger partial charge in [-0.1, -0.05) is 6.92 Å². The van der Waals surface area contributed by atoms with Gasteiger partial charge in [0.25, 0.3) is 0 Å².